The van der Waals surface area contributed by atoms with E-state index in [1.165, 1.54) is 25.3 Å². The first-order valence-electron chi connectivity index (χ1n) is 7.69. The Morgan fingerprint density at radius 1 is 1.07 bits per heavy atom. The van der Waals surface area contributed by atoms with Gasteiger partial charge in [-0.3, -0.25) is 0 Å². The van der Waals surface area contributed by atoms with Crippen LogP contribution in [-0.4, -0.2) is 39.8 Å². The molecule has 0 saturated heterocycles. The Kier molecular flexibility index (Phi) is 7.76. The maximum absolute atomic E-state index is 12.4. The number of benzene rings is 2. The number of sulfonamides is 1. The van der Waals surface area contributed by atoms with E-state index in [1.807, 2.05) is 0 Å². The predicted molar refractivity (Wildman–Crippen MR) is 109 cm³/mol. The molecule has 0 fully saturated rings. The lowest BCUT2D eigenvalue weighted by Crippen LogP contribution is -2.28. The monoisotopic (exact) mass is 467 g/mol. The summed E-state index contributed by atoms with van der Waals surface area (Å²) < 4.78 is 31.8. The van der Waals surface area contributed by atoms with Gasteiger partial charge in [-0.1, -0.05) is 40.9 Å². The van der Waals surface area contributed by atoms with Crippen LogP contribution in [0, 0.1) is 0 Å². The number of anilines is 2. The molecule has 2 aromatic carbocycles. The zero-order chi connectivity index (χ0) is 20.9. The summed E-state index contributed by atoms with van der Waals surface area (Å²) in [6, 6.07) is 6.35. The largest absolute Gasteiger partial charge is 0.504 e. The number of amides is 2. The smallest absolute Gasteiger partial charge is 0.323 e. The maximum atomic E-state index is 12.4. The van der Waals surface area contributed by atoms with Gasteiger partial charge in [-0.25, -0.2) is 17.9 Å². The first-order valence-corrected chi connectivity index (χ1v) is 10.3. The van der Waals surface area contributed by atoms with Crippen LogP contribution in [0.5, 0.6) is 5.75 Å². The van der Waals surface area contributed by atoms with Crippen molar-refractivity contribution in [2.45, 2.75) is 4.90 Å². The fourth-order valence-electron chi connectivity index (χ4n) is 2.13. The van der Waals surface area contributed by atoms with Crippen LogP contribution in [0.25, 0.3) is 0 Å². The van der Waals surface area contributed by atoms with Crippen molar-refractivity contribution in [3.05, 3.63) is 45.4 Å². The molecule has 2 amide bonds. The van der Waals surface area contributed by atoms with Gasteiger partial charge in [-0.15, -0.1) is 0 Å². The minimum atomic E-state index is -4.15. The molecule has 8 nitrogen and oxygen atoms in total. The van der Waals surface area contributed by atoms with Crippen molar-refractivity contribution in [2.75, 3.05) is 30.9 Å². The fourth-order valence-corrected chi connectivity index (χ4v) is 4.12. The Morgan fingerprint density at radius 3 is 2.43 bits per heavy atom. The molecule has 0 heterocycles. The average Bonchev–Trinajstić information content (AvgIpc) is 2.61. The number of hydrogen-bond donors (Lipinski definition) is 4. The number of halogens is 3. The fraction of sp³-hybridized carbons (Fsp3) is 0.188. The van der Waals surface area contributed by atoms with E-state index in [0.29, 0.717) is 0 Å². The van der Waals surface area contributed by atoms with E-state index in [9.17, 15) is 18.3 Å². The van der Waals surface area contributed by atoms with Crippen molar-refractivity contribution in [2.24, 2.45) is 0 Å². The molecule has 0 bridgehead atoms. The van der Waals surface area contributed by atoms with Gasteiger partial charge in [-0.2, -0.15) is 0 Å². The number of ether oxygens (including phenoxy) is 1. The molecule has 0 atom stereocenters. The van der Waals surface area contributed by atoms with Crippen LogP contribution in [0.15, 0.2) is 35.2 Å². The number of urea groups is 1. The van der Waals surface area contributed by atoms with Gasteiger partial charge < -0.3 is 20.5 Å². The standard InChI is InChI=1S/C16H16Cl3N3O5S/c1-27-8-7-20-28(25,26)15-10(18)5-6-12(14(15)23)22-16(24)21-11-4-2-3-9(17)13(11)19/h2-6,20,23H,7-8H2,1H3,(H2,21,22,24). The summed E-state index contributed by atoms with van der Waals surface area (Å²) in [5.41, 5.74) is 0.0568. The highest BCUT2D eigenvalue weighted by Crippen LogP contribution is 2.37. The number of carbonyl (C=O) groups is 1. The van der Waals surface area contributed by atoms with Gasteiger partial charge in [0.1, 0.15) is 4.90 Å². The first kappa shape index (κ1) is 22.5. The van der Waals surface area contributed by atoms with E-state index >= 15 is 0 Å². The third kappa shape index (κ3) is 5.40. The number of hydrogen-bond acceptors (Lipinski definition) is 5. The molecule has 0 aromatic heterocycles. The minimum absolute atomic E-state index is 0.0278. The predicted octanol–water partition coefficient (Wildman–Crippen LogP) is 3.92. The Morgan fingerprint density at radius 2 is 1.75 bits per heavy atom. The SMILES string of the molecule is COCCNS(=O)(=O)c1c(Cl)ccc(NC(=O)Nc2cccc(Cl)c2Cl)c1O. The molecule has 0 spiro atoms. The second-order valence-corrected chi connectivity index (χ2v) is 8.24. The lowest BCUT2D eigenvalue weighted by atomic mass is 10.3. The van der Waals surface area contributed by atoms with Gasteiger partial charge in [0.05, 0.1) is 33.0 Å². The summed E-state index contributed by atoms with van der Waals surface area (Å²) in [7, 11) is -2.73. The summed E-state index contributed by atoms with van der Waals surface area (Å²) >= 11 is 17.8. The van der Waals surface area contributed by atoms with Crippen LogP contribution in [-0.2, 0) is 14.8 Å². The summed E-state index contributed by atoms with van der Waals surface area (Å²) in [5, 5.41) is 15.3. The Balaban J connectivity index is 2.25. The van der Waals surface area contributed by atoms with Crippen molar-refractivity contribution in [1.29, 1.82) is 0 Å². The molecule has 0 aliphatic carbocycles. The van der Waals surface area contributed by atoms with E-state index in [-0.39, 0.29) is 39.6 Å². The van der Waals surface area contributed by atoms with Crippen LogP contribution in [0.4, 0.5) is 16.2 Å². The van der Waals surface area contributed by atoms with Gasteiger partial charge in [0.25, 0.3) is 0 Å². The summed E-state index contributed by atoms with van der Waals surface area (Å²) in [5.74, 6) is -0.718. The second kappa shape index (κ2) is 9.64. The lowest BCUT2D eigenvalue weighted by molar-refractivity contribution is 0.204. The normalized spacial score (nSPS) is 11.3. The number of aromatic hydroxyl groups is 1. The number of methoxy groups -OCH3 is 1. The highest BCUT2D eigenvalue weighted by Gasteiger charge is 2.25. The lowest BCUT2D eigenvalue weighted by Gasteiger charge is -2.14. The second-order valence-electron chi connectivity index (χ2n) is 5.34. The molecule has 4 N–H and O–H groups in total. The Bertz CT molecular complexity index is 986. The molecule has 12 heteroatoms. The van der Waals surface area contributed by atoms with Gasteiger partial charge in [0, 0.05) is 13.7 Å². The zero-order valence-electron chi connectivity index (χ0n) is 14.4. The van der Waals surface area contributed by atoms with E-state index in [4.69, 9.17) is 39.5 Å². The van der Waals surface area contributed by atoms with Crippen LogP contribution in [0.3, 0.4) is 0 Å². The van der Waals surface area contributed by atoms with Crippen LogP contribution in [0.1, 0.15) is 0 Å². The molecule has 2 aromatic rings. The van der Waals surface area contributed by atoms with E-state index in [2.05, 4.69) is 15.4 Å². The summed E-state index contributed by atoms with van der Waals surface area (Å²) in [4.78, 5) is 11.6. The number of carbonyl (C=O) groups excluding carboxylic acids is 1. The highest BCUT2D eigenvalue weighted by molar-refractivity contribution is 7.89. The molecule has 2 rings (SSSR count). The topological polar surface area (TPSA) is 117 Å². The van der Waals surface area contributed by atoms with Crippen molar-refractivity contribution in [1.82, 2.24) is 4.72 Å². The highest BCUT2D eigenvalue weighted by atomic mass is 35.5. The van der Waals surface area contributed by atoms with Crippen LogP contribution >= 0.6 is 34.8 Å². The quantitative estimate of drug-likeness (QED) is 0.363. The summed E-state index contributed by atoms with van der Waals surface area (Å²) in [6.45, 7) is 0.0956. The molecule has 152 valence electrons. The molecule has 0 aliphatic rings. The molecule has 0 saturated carbocycles. The van der Waals surface area contributed by atoms with Crippen molar-refractivity contribution in [3.63, 3.8) is 0 Å². The number of nitrogens with one attached hydrogen (secondary N) is 3. The van der Waals surface area contributed by atoms with Gasteiger partial charge >= 0.3 is 6.03 Å². The number of rotatable bonds is 7. The maximum Gasteiger partial charge on any atom is 0.323 e. The van der Waals surface area contributed by atoms with Crippen LogP contribution in [0.2, 0.25) is 15.1 Å². The number of phenolic OH excluding ortho intramolecular Hbond substituents is 1. The minimum Gasteiger partial charge on any atom is -0.504 e. The third-order valence-corrected chi connectivity index (χ3v) is 6.18. The molecule has 28 heavy (non-hydrogen) atoms. The molecular weight excluding hydrogens is 453 g/mol. The van der Waals surface area contributed by atoms with Crippen molar-refractivity contribution in [3.8, 4) is 5.75 Å². The van der Waals surface area contributed by atoms with Gasteiger partial charge in [0.15, 0.2) is 5.75 Å². The van der Waals surface area contributed by atoms with E-state index in [1.54, 1.807) is 12.1 Å². The molecular formula is C16H16Cl3N3O5S. The first-order chi connectivity index (χ1) is 13.2. The van der Waals surface area contributed by atoms with Gasteiger partial charge in [-0.05, 0) is 24.3 Å². The third-order valence-electron chi connectivity index (χ3n) is 3.40. The molecule has 0 unspecified atom stereocenters. The summed E-state index contributed by atoms with van der Waals surface area (Å²) in [6.07, 6.45) is 0. The number of phenols is 1. The Hall–Kier alpha value is -1.75. The molecule has 0 aliphatic heterocycles. The Labute approximate surface area is 176 Å². The average molecular weight is 469 g/mol. The van der Waals surface area contributed by atoms with Gasteiger partial charge in [0.2, 0.25) is 10.0 Å². The van der Waals surface area contributed by atoms with E-state index < -0.39 is 26.7 Å². The molecule has 0 radical (unpaired) electrons. The van der Waals surface area contributed by atoms with E-state index in [0.717, 1.165) is 0 Å². The van der Waals surface area contributed by atoms with Crippen LogP contribution < -0.4 is 15.4 Å². The zero-order valence-corrected chi connectivity index (χ0v) is 17.5. The van der Waals surface area contributed by atoms with Crippen molar-refractivity contribution >= 4 is 62.2 Å². The van der Waals surface area contributed by atoms with Crippen molar-refractivity contribution < 1.29 is 23.1 Å².